The van der Waals surface area contributed by atoms with Gasteiger partial charge in [0.2, 0.25) is 0 Å². The van der Waals surface area contributed by atoms with Crippen molar-refractivity contribution in [2.24, 2.45) is 5.92 Å². The van der Waals surface area contributed by atoms with Crippen molar-refractivity contribution < 1.29 is 9.47 Å². The van der Waals surface area contributed by atoms with E-state index in [1.165, 1.54) is 12.0 Å². The summed E-state index contributed by atoms with van der Waals surface area (Å²) in [6.45, 7) is 11.6. The third-order valence-electron chi connectivity index (χ3n) is 4.56. The standard InChI is InChI=1S/C18H30N2O2.2ClH/c1-5-14(3)18(20-11-9-19-10-12-20)15-7-8-16(22-6-2)17(13-15)21-4;;/h7-8,13-14,18-19H,5-6,9-12H2,1-4H3;2*1H/t14?,18-;;/m0../s1. The molecule has 0 spiro atoms. The first-order valence-electron chi connectivity index (χ1n) is 8.46. The van der Waals surface area contributed by atoms with Gasteiger partial charge in [-0.1, -0.05) is 26.3 Å². The monoisotopic (exact) mass is 378 g/mol. The lowest BCUT2D eigenvalue weighted by Crippen LogP contribution is -2.46. The Morgan fingerprint density at radius 1 is 1.12 bits per heavy atom. The van der Waals surface area contributed by atoms with Crippen LogP contribution in [0.4, 0.5) is 0 Å². The normalized spacial score (nSPS) is 17.2. The second-order valence-corrected chi connectivity index (χ2v) is 5.96. The fraction of sp³-hybridized carbons (Fsp3) is 0.667. The number of halogens is 2. The molecule has 0 aromatic heterocycles. The average Bonchev–Trinajstić information content (AvgIpc) is 2.57. The molecule has 0 saturated carbocycles. The van der Waals surface area contributed by atoms with E-state index < -0.39 is 0 Å². The van der Waals surface area contributed by atoms with Gasteiger partial charge in [0, 0.05) is 32.2 Å². The van der Waals surface area contributed by atoms with Gasteiger partial charge in [-0.2, -0.15) is 0 Å². The SMILES string of the molecule is CCOc1ccc([C@H](C(C)CC)N2CCNCC2)cc1OC.Cl.Cl. The molecule has 6 heteroatoms. The molecule has 0 bridgehead atoms. The van der Waals surface area contributed by atoms with Gasteiger partial charge >= 0.3 is 0 Å². The van der Waals surface area contributed by atoms with Gasteiger partial charge in [0.25, 0.3) is 0 Å². The quantitative estimate of drug-likeness (QED) is 0.778. The van der Waals surface area contributed by atoms with Gasteiger partial charge in [-0.05, 0) is 30.5 Å². The second kappa shape index (κ2) is 11.8. The molecule has 0 radical (unpaired) electrons. The van der Waals surface area contributed by atoms with Crippen molar-refractivity contribution >= 4 is 24.8 Å². The van der Waals surface area contributed by atoms with Gasteiger partial charge in [0.05, 0.1) is 13.7 Å². The summed E-state index contributed by atoms with van der Waals surface area (Å²) in [7, 11) is 1.71. The van der Waals surface area contributed by atoms with Crippen molar-refractivity contribution in [2.45, 2.75) is 33.2 Å². The van der Waals surface area contributed by atoms with Crippen LogP contribution in [0.2, 0.25) is 0 Å². The molecule has 0 aliphatic carbocycles. The number of hydrogen-bond acceptors (Lipinski definition) is 4. The summed E-state index contributed by atoms with van der Waals surface area (Å²) in [4.78, 5) is 2.60. The molecule has 1 aliphatic rings. The number of benzene rings is 1. The molecule has 1 fully saturated rings. The van der Waals surface area contributed by atoms with Gasteiger partial charge in [0.1, 0.15) is 0 Å². The second-order valence-electron chi connectivity index (χ2n) is 5.96. The zero-order chi connectivity index (χ0) is 15.9. The minimum absolute atomic E-state index is 0. The molecule has 2 atom stereocenters. The lowest BCUT2D eigenvalue weighted by Gasteiger charge is -2.38. The molecular weight excluding hydrogens is 347 g/mol. The average molecular weight is 379 g/mol. The number of methoxy groups -OCH3 is 1. The van der Waals surface area contributed by atoms with E-state index in [2.05, 4.69) is 42.3 Å². The number of hydrogen-bond donors (Lipinski definition) is 1. The number of ether oxygens (including phenoxy) is 2. The van der Waals surface area contributed by atoms with Crippen LogP contribution in [0.15, 0.2) is 18.2 Å². The van der Waals surface area contributed by atoms with Crippen LogP contribution in [-0.2, 0) is 0 Å². The molecule has 24 heavy (non-hydrogen) atoms. The predicted octanol–water partition coefficient (Wildman–Crippen LogP) is 3.93. The maximum atomic E-state index is 5.65. The van der Waals surface area contributed by atoms with Gasteiger partial charge in [-0.25, -0.2) is 0 Å². The van der Waals surface area contributed by atoms with E-state index in [0.717, 1.165) is 37.7 Å². The summed E-state index contributed by atoms with van der Waals surface area (Å²) in [6, 6.07) is 6.85. The third kappa shape index (κ3) is 5.69. The van der Waals surface area contributed by atoms with Crippen molar-refractivity contribution in [1.29, 1.82) is 0 Å². The summed E-state index contributed by atoms with van der Waals surface area (Å²) >= 11 is 0. The van der Waals surface area contributed by atoms with Gasteiger partial charge in [-0.3, -0.25) is 4.90 Å². The maximum absolute atomic E-state index is 5.65. The van der Waals surface area contributed by atoms with Crippen LogP contribution < -0.4 is 14.8 Å². The molecule has 1 aromatic carbocycles. The van der Waals surface area contributed by atoms with E-state index in [-0.39, 0.29) is 24.8 Å². The smallest absolute Gasteiger partial charge is 0.161 e. The summed E-state index contributed by atoms with van der Waals surface area (Å²) in [5.74, 6) is 2.28. The first-order chi connectivity index (χ1) is 10.7. The van der Waals surface area contributed by atoms with Crippen LogP contribution >= 0.6 is 24.8 Å². The van der Waals surface area contributed by atoms with Gasteiger partial charge in [0.15, 0.2) is 11.5 Å². The van der Waals surface area contributed by atoms with Crippen LogP contribution in [-0.4, -0.2) is 44.8 Å². The summed E-state index contributed by atoms with van der Waals surface area (Å²) < 4.78 is 11.2. The highest BCUT2D eigenvalue weighted by atomic mass is 35.5. The largest absolute Gasteiger partial charge is 0.493 e. The van der Waals surface area contributed by atoms with E-state index >= 15 is 0 Å². The number of nitrogens with zero attached hydrogens (tertiary/aromatic N) is 1. The Hall–Kier alpha value is -0.680. The van der Waals surface area contributed by atoms with Crippen molar-refractivity contribution in [3.8, 4) is 11.5 Å². The van der Waals surface area contributed by atoms with Gasteiger partial charge in [-0.15, -0.1) is 24.8 Å². The van der Waals surface area contributed by atoms with Crippen LogP contribution in [0.3, 0.4) is 0 Å². The predicted molar refractivity (Wildman–Crippen MR) is 105 cm³/mol. The summed E-state index contributed by atoms with van der Waals surface area (Å²) in [6.07, 6.45) is 1.17. The molecule has 1 heterocycles. The molecule has 0 amide bonds. The molecular formula is C18H32Cl2N2O2. The summed E-state index contributed by atoms with van der Waals surface area (Å²) in [5.41, 5.74) is 1.33. The topological polar surface area (TPSA) is 33.7 Å². The number of nitrogens with one attached hydrogen (secondary N) is 1. The van der Waals surface area contributed by atoms with E-state index in [0.29, 0.717) is 18.6 Å². The van der Waals surface area contributed by atoms with Crippen molar-refractivity contribution in [3.05, 3.63) is 23.8 Å². The van der Waals surface area contributed by atoms with Crippen LogP contribution in [0, 0.1) is 5.92 Å². The van der Waals surface area contributed by atoms with Crippen LogP contribution in [0.25, 0.3) is 0 Å². The van der Waals surface area contributed by atoms with E-state index in [1.54, 1.807) is 7.11 Å². The van der Waals surface area contributed by atoms with E-state index in [1.807, 2.05) is 6.92 Å². The highest BCUT2D eigenvalue weighted by Crippen LogP contribution is 2.36. The maximum Gasteiger partial charge on any atom is 0.161 e. The fourth-order valence-electron chi connectivity index (χ4n) is 3.23. The Bertz CT molecular complexity index is 468. The first kappa shape index (κ1) is 23.3. The first-order valence-corrected chi connectivity index (χ1v) is 8.46. The Labute approximate surface area is 159 Å². The Morgan fingerprint density at radius 2 is 1.79 bits per heavy atom. The van der Waals surface area contributed by atoms with E-state index in [4.69, 9.17) is 9.47 Å². The highest BCUT2D eigenvalue weighted by Gasteiger charge is 2.27. The van der Waals surface area contributed by atoms with Crippen LogP contribution in [0.5, 0.6) is 11.5 Å². The third-order valence-corrected chi connectivity index (χ3v) is 4.56. The lowest BCUT2D eigenvalue weighted by molar-refractivity contribution is 0.128. The minimum atomic E-state index is 0. The Balaban J connectivity index is 0.00000264. The molecule has 4 nitrogen and oxygen atoms in total. The van der Waals surface area contributed by atoms with Crippen LogP contribution in [0.1, 0.15) is 38.8 Å². The van der Waals surface area contributed by atoms with Gasteiger partial charge < -0.3 is 14.8 Å². The minimum Gasteiger partial charge on any atom is -0.493 e. The number of rotatable bonds is 7. The molecule has 1 saturated heterocycles. The highest BCUT2D eigenvalue weighted by molar-refractivity contribution is 5.85. The fourth-order valence-corrected chi connectivity index (χ4v) is 3.23. The number of piperazine rings is 1. The molecule has 1 aromatic rings. The Kier molecular flexibility index (Phi) is 11.5. The zero-order valence-corrected chi connectivity index (χ0v) is 16.8. The lowest BCUT2D eigenvalue weighted by atomic mass is 9.90. The Morgan fingerprint density at radius 3 is 2.33 bits per heavy atom. The summed E-state index contributed by atoms with van der Waals surface area (Å²) in [5, 5.41) is 3.44. The van der Waals surface area contributed by atoms with Crippen molar-refractivity contribution in [2.75, 3.05) is 39.9 Å². The zero-order valence-electron chi connectivity index (χ0n) is 15.2. The van der Waals surface area contributed by atoms with Crippen molar-refractivity contribution in [1.82, 2.24) is 10.2 Å². The molecule has 2 rings (SSSR count). The molecule has 1 N–H and O–H groups in total. The van der Waals surface area contributed by atoms with E-state index in [9.17, 15) is 0 Å². The van der Waals surface area contributed by atoms with Crippen molar-refractivity contribution in [3.63, 3.8) is 0 Å². The molecule has 1 aliphatic heterocycles. The molecule has 1 unspecified atom stereocenters. The molecule has 140 valence electrons.